The number of carbonyl (C=O) groups excluding carboxylic acids is 1. The number of ether oxygens (including phenoxy) is 1. The quantitative estimate of drug-likeness (QED) is 0.661. The van der Waals surface area contributed by atoms with Crippen LogP contribution in [0.3, 0.4) is 0 Å². The predicted molar refractivity (Wildman–Crippen MR) is 112 cm³/mol. The van der Waals surface area contributed by atoms with Crippen LogP contribution in [0.5, 0.6) is 0 Å². The monoisotopic (exact) mass is 412 g/mol. The average molecular weight is 412 g/mol. The largest absolute Gasteiger partial charge is 0.406 e. The van der Waals surface area contributed by atoms with E-state index in [1.807, 2.05) is 49.7 Å². The van der Waals surface area contributed by atoms with Crippen molar-refractivity contribution in [1.29, 1.82) is 0 Å². The van der Waals surface area contributed by atoms with Gasteiger partial charge in [0.05, 0.1) is 5.52 Å². The first-order valence-electron chi connectivity index (χ1n) is 10.3. The summed E-state index contributed by atoms with van der Waals surface area (Å²) in [5.41, 5.74) is 6.56. The Bertz CT molecular complexity index is 1030. The molecule has 9 nitrogen and oxygen atoms in total. The number of nitrogens with two attached hydrogens (primary N) is 1. The van der Waals surface area contributed by atoms with Gasteiger partial charge in [0.25, 0.3) is 5.91 Å². The Morgan fingerprint density at radius 1 is 1.27 bits per heavy atom. The van der Waals surface area contributed by atoms with Crippen molar-refractivity contribution in [2.45, 2.75) is 46.2 Å². The molecule has 30 heavy (non-hydrogen) atoms. The topological polar surface area (TPSA) is 121 Å². The molecule has 1 aliphatic heterocycles. The smallest absolute Gasteiger partial charge is 0.312 e. The third-order valence-electron chi connectivity index (χ3n) is 5.49. The van der Waals surface area contributed by atoms with Crippen molar-refractivity contribution in [2.75, 3.05) is 18.9 Å². The van der Waals surface area contributed by atoms with Gasteiger partial charge >= 0.3 is 6.01 Å². The molecule has 9 heteroatoms. The van der Waals surface area contributed by atoms with Crippen molar-refractivity contribution >= 4 is 22.8 Å². The molecule has 1 aromatic carbocycles. The van der Waals surface area contributed by atoms with Gasteiger partial charge in [-0.1, -0.05) is 44.1 Å². The van der Waals surface area contributed by atoms with Crippen molar-refractivity contribution < 1.29 is 13.9 Å². The van der Waals surface area contributed by atoms with Crippen molar-refractivity contribution in [1.82, 2.24) is 25.3 Å². The van der Waals surface area contributed by atoms with Crippen molar-refractivity contribution in [3.8, 4) is 0 Å². The van der Waals surface area contributed by atoms with Crippen molar-refractivity contribution in [2.24, 2.45) is 11.3 Å². The van der Waals surface area contributed by atoms with E-state index in [9.17, 15) is 4.79 Å². The van der Waals surface area contributed by atoms with Gasteiger partial charge in [-0.05, 0) is 30.2 Å². The third-order valence-corrected chi connectivity index (χ3v) is 5.49. The Morgan fingerprint density at radius 3 is 2.67 bits per heavy atom. The van der Waals surface area contributed by atoms with Gasteiger partial charge in [-0.2, -0.15) is 5.10 Å². The SMILES string of the molecule is CC(C)(C)[C@H](NC(=O)c1nn(CC2CCOCC2)c2ccccc12)c1nnc(N)o1. The van der Waals surface area contributed by atoms with Crippen LogP contribution in [0.4, 0.5) is 6.01 Å². The maximum atomic E-state index is 13.3. The normalized spacial score (nSPS) is 16.6. The number of benzene rings is 1. The second kappa shape index (κ2) is 8.06. The molecule has 1 fully saturated rings. The molecule has 1 atom stereocenters. The molecule has 1 saturated heterocycles. The van der Waals surface area contributed by atoms with E-state index in [1.165, 1.54) is 0 Å². The molecule has 3 aromatic rings. The highest BCUT2D eigenvalue weighted by atomic mass is 16.5. The molecule has 2 aromatic heterocycles. The fourth-order valence-corrected chi connectivity index (χ4v) is 3.82. The van der Waals surface area contributed by atoms with Crippen LogP contribution in [0.25, 0.3) is 10.9 Å². The van der Waals surface area contributed by atoms with Crippen LogP contribution in [0, 0.1) is 11.3 Å². The zero-order chi connectivity index (χ0) is 21.3. The molecular weight excluding hydrogens is 384 g/mol. The molecule has 1 amide bonds. The van der Waals surface area contributed by atoms with Crippen LogP contribution < -0.4 is 11.1 Å². The number of para-hydroxylation sites is 1. The third kappa shape index (κ3) is 4.16. The van der Waals surface area contributed by atoms with Crippen molar-refractivity contribution in [3.63, 3.8) is 0 Å². The van der Waals surface area contributed by atoms with E-state index in [0.29, 0.717) is 11.6 Å². The summed E-state index contributed by atoms with van der Waals surface area (Å²) in [6.07, 6.45) is 2.00. The summed E-state index contributed by atoms with van der Waals surface area (Å²) < 4.78 is 12.8. The molecule has 0 aliphatic carbocycles. The van der Waals surface area contributed by atoms with E-state index in [2.05, 4.69) is 20.6 Å². The van der Waals surface area contributed by atoms with Gasteiger partial charge in [0.1, 0.15) is 6.04 Å². The molecule has 0 unspecified atom stereocenters. The summed E-state index contributed by atoms with van der Waals surface area (Å²) in [6.45, 7) is 8.27. The highest BCUT2D eigenvalue weighted by molar-refractivity contribution is 6.05. The summed E-state index contributed by atoms with van der Waals surface area (Å²) in [7, 11) is 0. The summed E-state index contributed by atoms with van der Waals surface area (Å²) in [5, 5.41) is 16.2. The number of hydrogen-bond donors (Lipinski definition) is 2. The average Bonchev–Trinajstić information content (AvgIpc) is 3.30. The molecule has 0 bridgehead atoms. The number of carbonyl (C=O) groups is 1. The van der Waals surface area contributed by atoms with Gasteiger partial charge < -0.3 is 20.2 Å². The fraction of sp³-hybridized carbons (Fsp3) is 0.524. The molecule has 160 valence electrons. The highest BCUT2D eigenvalue weighted by Gasteiger charge is 2.34. The number of nitrogens with zero attached hydrogens (tertiary/aromatic N) is 4. The van der Waals surface area contributed by atoms with Gasteiger partial charge in [-0.15, -0.1) is 5.10 Å². The Morgan fingerprint density at radius 2 is 2.00 bits per heavy atom. The first-order chi connectivity index (χ1) is 14.3. The molecule has 0 radical (unpaired) electrons. The van der Waals surface area contributed by atoms with E-state index in [1.54, 1.807) is 0 Å². The minimum absolute atomic E-state index is 0.0281. The van der Waals surface area contributed by atoms with Crippen LogP contribution in [0.2, 0.25) is 0 Å². The lowest BCUT2D eigenvalue weighted by Crippen LogP contribution is -2.37. The van der Waals surface area contributed by atoms with Gasteiger partial charge in [-0.3, -0.25) is 9.48 Å². The number of aromatic nitrogens is 4. The lowest BCUT2D eigenvalue weighted by Gasteiger charge is -2.28. The predicted octanol–water partition coefficient (Wildman–Crippen LogP) is 2.95. The van der Waals surface area contributed by atoms with Crippen LogP contribution in [-0.2, 0) is 11.3 Å². The Kier molecular flexibility index (Phi) is 5.46. The maximum absolute atomic E-state index is 13.3. The molecule has 3 N–H and O–H groups in total. The van der Waals surface area contributed by atoms with E-state index in [-0.39, 0.29) is 23.2 Å². The second-order valence-electron chi connectivity index (χ2n) is 8.85. The lowest BCUT2D eigenvalue weighted by molar-refractivity contribution is 0.0604. The molecule has 3 heterocycles. The van der Waals surface area contributed by atoms with Crippen LogP contribution in [0.1, 0.15) is 56.0 Å². The number of hydrogen-bond acceptors (Lipinski definition) is 7. The molecule has 0 saturated carbocycles. The fourth-order valence-electron chi connectivity index (χ4n) is 3.82. The van der Waals surface area contributed by atoms with E-state index < -0.39 is 6.04 Å². The van der Waals surface area contributed by atoms with Crippen LogP contribution in [0.15, 0.2) is 28.7 Å². The molecule has 0 spiro atoms. The minimum atomic E-state index is -0.505. The van der Waals surface area contributed by atoms with Crippen LogP contribution in [-0.4, -0.2) is 39.1 Å². The first kappa shape index (κ1) is 20.3. The highest BCUT2D eigenvalue weighted by Crippen LogP contribution is 2.33. The van der Waals surface area contributed by atoms with E-state index in [0.717, 1.165) is 43.5 Å². The zero-order valence-corrected chi connectivity index (χ0v) is 17.6. The van der Waals surface area contributed by atoms with E-state index >= 15 is 0 Å². The maximum Gasteiger partial charge on any atom is 0.312 e. The molecular formula is C21H28N6O3. The second-order valence-corrected chi connectivity index (χ2v) is 8.85. The lowest BCUT2D eigenvalue weighted by atomic mass is 9.86. The number of fused-ring (bicyclic) bond motifs is 1. The van der Waals surface area contributed by atoms with E-state index in [4.69, 9.17) is 14.9 Å². The Balaban J connectivity index is 1.63. The summed E-state index contributed by atoms with van der Waals surface area (Å²) in [6, 6.07) is 7.27. The summed E-state index contributed by atoms with van der Waals surface area (Å²) >= 11 is 0. The number of rotatable bonds is 5. The van der Waals surface area contributed by atoms with Gasteiger partial charge in [-0.25, -0.2) is 0 Å². The first-order valence-corrected chi connectivity index (χ1v) is 10.3. The molecule has 4 rings (SSSR count). The number of nitrogens with one attached hydrogen (secondary N) is 1. The molecule has 1 aliphatic rings. The number of amides is 1. The number of anilines is 1. The minimum Gasteiger partial charge on any atom is -0.406 e. The Hall–Kier alpha value is -2.94. The van der Waals surface area contributed by atoms with Crippen molar-refractivity contribution in [3.05, 3.63) is 35.9 Å². The zero-order valence-electron chi connectivity index (χ0n) is 17.6. The van der Waals surface area contributed by atoms with Gasteiger partial charge in [0.2, 0.25) is 5.89 Å². The van der Waals surface area contributed by atoms with Gasteiger partial charge in [0.15, 0.2) is 5.69 Å². The standard InChI is InChI=1S/C21H28N6O3/c1-21(2,3)17(19-24-25-20(22)30-19)23-18(28)16-14-6-4-5-7-15(14)27(26-16)12-13-8-10-29-11-9-13/h4-7,13,17H,8-12H2,1-3H3,(H2,22,25)(H,23,28)/t17-/m1/s1. The Labute approximate surface area is 175 Å². The number of nitrogen functional groups attached to an aromatic ring is 1. The van der Waals surface area contributed by atoms with Gasteiger partial charge in [0, 0.05) is 25.1 Å². The van der Waals surface area contributed by atoms with Crippen LogP contribution >= 0.6 is 0 Å². The summed E-state index contributed by atoms with van der Waals surface area (Å²) in [4.78, 5) is 13.3. The summed E-state index contributed by atoms with van der Waals surface area (Å²) in [5.74, 6) is 0.481.